The first-order chi connectivity index (χ1) is 8.69. The highest BCUT2D eigenvalue weighted by Crippen LogP contribution is 2.22. The highest BCUT2D eigenvalue weighted by molar-refractivity contribution is 6.30. The zero-order chi connectivity index (χ0) is 13.0. The summed E-state index contributed by atoms with van der Waals surface area (Å²) in [4.78, 5) is 0. The van der Waals surface area contributed by atoms with E-state index in [0.29, 0.717) is 17.5 Å². The molecule has 7 heteroatoms. The summed E-state index contributed by atoms with van der Waals surface area (Å²) < 4.78 is 18.7. The summed E-state index contributed by atoms with van der Waals surface area (Å²) in [6.45, 7) is 3.24. The van der Waals surface area contributed by atoms with Gasteiger partial charge >= 0.3 is 6.01 Å². The summed E-state index contributed by atoms with van der Waals surface area (Å²) in [5.74, 6) is -0.00683. The van der Waals surface area contributed by atoms with Crippen molar-refractivity contribution in [2.45, 2.75) is 13.5 Å². The molecule has 96 valence electrons. The van der Waals surface area contributed by atoms with E-state index < -0.39 is 5.82 Å². The molecule has 0 aliphatic carbocycles. The summed E-state index contributed by atoms with van der Waals surface area (Å²) in [5.41, 5.74) is 0.196. The maximum atomic E-state index is 13.4. The van der Waals surface area contributed by atoms with E-state index >= 15 is 0 Å². The lowest BCUT2D eigenvalue weighted by Crippen LogP contribution is -2.11. The minimum Gasteiger partial charge on any atom is -0.406 e. The Morgan fingerprint density at radius 1 is 1.39 bits per heavy atom. The average Bonchev–Trinajstić information content (AvgIpc) is 2.79. The van der Waals surface area contributed by atoms with Crippen molar-refractivity contribution in [3.63, 3.8) is 0 Å². The number of nitrogens with zero attached hydrogens (tertiary/aromatic N) is 2. The van der Waals surface area contributed by atoms with Crippen molar-refractivity contribution in [2.75, 3.05) is 11.9 Å². The minimum absolute atomic E-state index is 0.129. The molecule has 0 spiro atoms. The van der Waals surface area contributed by atoms with E-state index in [9.17, 15) is 4.39 Å². The van der Waals surface area contributed by atoms with Crippen molar-refractivity contribution in [3.8, 4) is 0 Å². The molecule has 2 rings (SSSR count). The van der Waals surface area contributed by atoms with Gasteiger partial charge in [0.05, 0.1) is 12.2 Å². The average molecular weight is 271 g/mol. The molecule has 0 saturated heterocycles. The molecule has 0 radical (unpaired) electrons. The number of nitrogens with one attached hydrogen (secondary N) is 2. The first-order valence-corrected chi connectivity index (χ1v) is 5.82. The third kappa shape index (κ3) is 3.18. The van der Waals surface area contributed by atoms with Crippen molar-refractivity contribution in [1.82, 2.24) is 15.5 Å². The SMILES string of the molecule is CCNCc1nnc(Nc2cc(Cl)ccc2F)o1. The molecule has 2 aromatic rings. The molecule has 0 unspecified atom stereocenters. The lowest BCUT2D eigenvalue weighted by molar-refractivity contribution is 0.484. The van der Waals surface area contributed by atoms with Crippen LogP contribution in [-0.2, 0) is 6.54 Å². The van der Waals surface area contributed by atoms with Gasteiger partial charge in [0, 0.05) is 5.02 Å². The number of rotatable bonds is 5. The van der Waals surface area contributed by atoms with Gasteiger partial charge in [0.1, 0.15) is 5.82 Å². The van der Waals surface area contributed by atoms with Crippen molar-refractivity contribution in [2.24, 2.45) is 0 Å². The highest BCUT2D eigenvalue weighted by atomic mass is 35.5. The van der Waals surface area contributed by atoms with Gasteiger partial charge in [0.15, 0.2) is 0 Å². The molecule has 18 heavy (non-hydrogen) atoms. The minimum atomic E-state index is -0.439. The Bertz CT molecular complexity index is 532. The molecule has 5 nitrogen and oxygen atoms in total. The first kappa shape index (κ1) is 12.8. The molecule has 0 atom stereocenters. The van der Waals surface area contributed by atoms with E-state index in [1.807, 2.05) is 6.92 Å². The fourth-order valence-electron chi connectivity index (χ4n) is 1.32. The van der Waals surface area contributed by atoms with E-state index in [4.69, 9.17) is 16.0 Å². The van der Waals surface area contributed by atoms with Crippen molar-refractivity contribution in [1.29, 1.82) is 0 Å². The third-order valence-electron chi connectivity index (χ3n) is 2.16. The lowest BCUT2D eigenvalue weighted by atomic mass is 10.3. The fourth-order valence-corrected chi connectivity index (χ4v) is 1.49. The van der Waals surface area contributed by atoms with Crippen LogP contribution in [0.1, 0.15) is 12.8 Å². The first-order valence-electron chi connectivity index (χ1n) is 5.44. The van der Waals surface area contributed by atoms with Crippen LogP contribution in [0.4, 0.5) is 16.1 Å². The second-order valence-corrected chi connectivity index (χ2v) is 3.97. The van der Waals surface area contributed by atoms with Gasteiger partial charge in [-0.3, -0.25) is 0 Å². The second kappa shape index (κ2) is 5.79. The van der Waals surface area contributed by atoms with E-state index in [-0.39, 0.29) is 11.7 Å². The van der Waals surface area contributed by atoms with Crippen LogP contribution in [0, 0.1) is 5.82 Å². The summed E-state index contributed by atoms with van der Waals surface area (Å²) in [5, 5.41) is 13.7. The predicted molar refractivity (Wildman–Crippen MR) is 66.4 cm³/mol. The van der Waals surface area contributed by atoms with Gasteiger partial charge in [-0.1, -0.05) is 23.6 Å². The van der Waals surface area contributed by atoms with Crippen molar-refractivity contribution in [3.05, 3.63) is 34.9 Å². The fraction of sp³-hybridized carbons (Fsp3) is 0.273. The summed E-state index contributed by atoms with van der Waals surface area (Å²) in [6.07, 6.45) is 0. The topological polar surface area (TPSA) is 63.0 Å². The Morgan fingerprint density at radius 2 is 2.22 bits per heavy atom. The maximum absolute atomic E-state index is 13.4. The van der Waals surface area contributed by atoms with E-state index in [1.165, 1.54) is 18.2 Å². The Kier molecular flexibility index (Phi) is 4.11. The molecule has 1 heterocycles. The molecule has 1 aromatic carbocycles. The number of aromatic nitrogens is 2. The van der Waals surface area contributed by atoms with Gasteiger partial charge in [-0.25, -0.2) is 4.39 Å². The van der Waals surface area contributed by atoms with Crippen LogP contribution in [0.2, 0.25) is 5.02 Å². The van der Waals surface area contributed by atoms with Crippen LogP contribution in [0.25, 0.3) is 0 Å². The summed E-state index contributed by atoms with van der Waals surface area (Å²) >= 11 is 5.77. The highest BCUT2D eigenvalue weighted by Gasteiger charge is 2.09. The van der Waals surface area contributed by atoms with E-state index in [1.54, 1.807) is 0 Å². The zero-order valence-electron chi connectivity index (χ0n) is 9.70. The van der Waals surface area contributed by atoms with Gasteiger partial charge in [-0.05, 0) is 24.7 Å². The van der Waals surface area contributed by atoms with Crippen molar-refractivity contribution < 1.29 is 8.81 Å². The summed E-state index contributed by atoms with van der Waals surface area (Å²) in [7, 11) is 0. The van der Waals surface area contributed by atoms with E-state index in [2.05, 4.69) is 20.8 Å². The van der Waals surface area contributed by atoms with Crippen LogP contribution in [0.5, 0.6) is 0 Å². The Morgan fingerprint density at radius 3 is 3.00 bits per heavy atom. The van der Waals surface area contributed by atoms with E-state index in [0.717, 1.165) is 6.54 Å². The third-order valence-corrected chi connectivity index (χ3v) is 2.40. The normalized spacial score (nSPS) is 10.6. The summed E-state index contributed by atoms with van der Waals surface area (Å²) in [6, 6.07) is 4.31. The molecular formula is C11H12ClFN4O. The van der Waals surface area contributed by atoms with Gasteiger partial charge in [-0.2, -0.15) is 0 Å². The molecular weight excluding hydrogens is 259 g/mol. The van der Waals surface area contributed by atoms with Crippen LogP contribution in [-0.4, -0.2) is 16.7 Å². The Hall–Kier alpha value is -1.66. The molecule has 0 aliphatic heterocycles. The Labute approximate surface area is 108 Å². The van der Waals surface area contributed by atoms with Gasteiger partial charge < -0.3 is 15.1 Å². The van der Waals surface area contributed by atoms with Crippen molar-refractivity contribution >= 4 is 23.3 Å². The largest absolute Gasteiger partial charge is 0.406 e. The molecule has 1 aromatic heterocycles. The predicted octanol–water partition coefficient (Wildman–Crippen LogP) is 2.72. The molecule has 0 bridgehead atoms. The molecule has 0 amide bonds. The smallest absolute Gasteiger partial charge is 0.320 e. The number of benzene rings is 1. The lowest BCUT2D eigenvalue weighted by Gasteiger charge is -2.02. The monoisotopic (exact) mass is 270 g/mol. The molecule has 0 fully saturated rings. The standard InChI is InChI=1S/C11H12ClFN4O/c1-2-14-6-10-16-17-11(18-10)15-9-5-7(12)3-4-8(9)13/h3-5,14H,2,6H2,1H3,(H,15,17). The number of hydrogen-bond acceptors (Lipinski definition) is 5. The van der Waals surface area contributed by atoms with Gasteiger partial charge in [0.2, 0.25) is 5.89 Å². The number of anilines is 2. The molecule has 0 saturated carbocycles. The van der Waals surface area contributed by atoms with Gasteiger partial charge in [0.25, 0.3) is 0 Å². The van der Waals surface area contributed by atoms with Crippen LogP contribution in [0.3, 0.4) is 0 Å². The maximum Gasteiger partial charge on any atom is 0.320 e. The number of hydrogen-bond donors (Lipinski definition) is 2. The number of halogens is 2. The van der Waals surface area contributed by atoms with Crippen LogP contribution in [0.15, 0.2) is 22.6 Å². The quantitative estimate of drug-likeness (QED) is 0.875. The van der Waals surface area contributed by atoms with Crippen LogP contribution >= 0.6 is 11.6 Å². The van der Waals surface area contributed by atoms with Crippen LogP contribution < -0.4 is 10.6 Å². The molecule has 2 N–H and O–H groups in total. The molecule has 0 aliphatic rings. The Balaban J connectivity index is 2.08. The zero-order valence-corrected chi connectivity index (χ0v) is 10.5. The second-order valence-electron chi connectivity index (χ2n) is 3.53. The van der Waals surface area contributed by atoms with Gasteiger partial charge in [-0.15, -0.1) is 5.10 Å².